The van der Waals surface area contributed by atoms with Crippen molar-refractivity contribution in [3.63, 3.8) is 0 Å². The molecule has 0 radical (unpaired) electrons. The Kier molecular flexibility index (Phi) is 46.6. The van der Waals surface area contributed by atoms with Gasteiger partial charge in [-0.25, -0.2) is 0 Å². The monoisotopic (exact) mass is 854 g/mol. The Morgan fingerprint density at radius 1 is 0.492 bits per heavy atom. The summed E-state index contributed by atoms with van der Waals surface area (Å²) in [6, 6.07) is -0.715. The average molecular weight is 854 g/mol. The quantitative estimate of drug-likeness (QED) is 0.0322. The van der Waals surface area contributed by atoms with Crippen LogP contribution in [0, 0.1) is 0 Å². The van der Waals surface area contributed by atoms with Crippen molar-refractivity contribution in [3.8, 4) is 0 Å². The van der Waals surface area contributed by atoms with E-state index in [4.69, 9.17) is 4.74 Å². The number of carbonyl (C=O) groups excluding carboxylic acids is 2. The Hall–Kier alpha value is -2.44. The van der Waals surface area contributed by atoms with E-state index >= 15 is 0 Å². The third-order valence-electron chi connectivity index (χ3n) is 11.6. The Morgan fingerprint density at radius 3 is 1.25 bits per heavy atom. The fourth-order valence-corrected chi connectivity index (χ4v) is 7.72. The van der Waals surface area contributed by atoms with Gasteiger partial charge in [0, 0.05) is 6.42 Å². The summed E-state index contributed by atoms with van der Waals surface area (Å²) in [5.74, 6) is -0.568. The van der Waals surface area contributed by atoms with Crippen molar-refractivity contribution < 1.29 is 24.5 Å². The van der Waals surface area contributed by atoms with Crippen LogP contribution in [-0.4, -0.2) is 46.9 Å². The topological polar surface area (TPSA) is 95.9 Å². The second kappa shape index (κ2) is 48.6. The zero-order valence-corrected chi connectivity index (χ0v) is 40.3. The van der Waals surface area contributed by atoms with Crippen LogP contribution in [0.15, 0.2) is 60.8 Å². The van der Waals surface area contributed by atoms with Crippen LogP contribution in [0.5, 0.6) is 0 Å². The minimum Gasteiger partial charge on any atom is -0.462 e. The summed E-state index contributed by atoms with van der Waals surface area (Å²) in [6.07, 6.45) is 60.0. The highest BCUT2D eigenvalue weighted by atomic mass is 16.5. The Morgan fingerprint density at radius 2 is 0.852 bits per heavy atom. The third kappa shape index (κ3) is 44.0. The van der Waals surface area contributed by atoms with E-state index in [0.717, 1.165) is 70.6 Å². The highest BCUT2D eigenvalue weighted by Crippen LogP contribution is 2.18. The Balaban J connectivity index is 4.61. The van der Waals surface area contributed by atoms with Gasteiger partial charge in [-0.1, -0.05) is 242 Å². The maximum absolute atomic E-state index is 13.2. The summed E-state index contributed by atoms with van der Waals surface area (Å²) in [4.78, 5) is 26.1. The van der Waals surface area contributed by atoms with Crippen molar-refractivity contribution in [2.75, 3.05) is 6.61 Å². The van der Waals surface area contributed by atoms with Crippen molar-refractivity contribution >= 4 is 11.9 Å². The molecule has 0 bridgehead atoms. The zero-order chi connectivity index (χ0) is 44.5. The van der Waals surface area contributed by atoms with E-state index in [-0.39, 0.29) is 31.3 Å². The van der Waals surface area contributed by atoms with Crippen LogP contribution in [0.4, 0.5) is 0 Å². The molecule has 0 aliphatic rings. The van der Waals surface area contributed by atoms with Gasteiger partial charge in [-0.3, -0.25) is 9.59 Å². The van der Waals surface area contributed by atoms with Gasteiger partial charge in [0.05, 0.1) is 25.2 Å². The molecular weight excluding hydrogens is 755 g/mol. The molecule has 0 aromatic heterocycles. The molecule has 354 valence electrons. The van der Waals surface area contributed by atoms with Gasteiger partial charge in [-0.2, -0.15) is 0 Å². The van der Waals surface area contributed by atoms with Crippen molar-refractivity contribution in [3.05, 3.63) is 60.8 Å². The van der Waals surface area contributed by atoms with E-state index in [1.54, 1.807) is 0 Å². The molecule has 0 saturated carbocycles. The molecule has 6 nitrogen and oxygen atoms in total. The number of hydrogen-bond acceptors (Lipinski definition) is 5. The van der Waals surface area contributed by atoms with Crippen LogP contribution in [0.25, 0.3) is 0 Å². The first kappa shape index (κ1) is 58.6. The van der Waals surface area contributed by atoms with E-state index in [0.29, 0.717) is 19.3 Å². The van der Waals surface area contributed by atoms with Crippen LogP contribution >= 0.6 is 0 Å². The molecule has 1 amide bonds. The van der Waals surface area contributed by atoms with Crippen LogP contribution in [0.2, 0.25) is 0 Å². The highest BCUT2D eigenvalue weighted by Gasteiger charge is 2.24. The van der Waals surface area contributed by atoms with Gasteiger partial charge >= 0.3 is 5.97 Å². The van der Waals surface area contributed by atoms with Gasteiger partial charge < -0.3 is 20.3 Å². The predicted molar refractivity (Wildman–Crippen MR) is 264 cm³/mol. The lowest BCUT2D eigenvalue weighted by molar-refractivity contribution is -0.150. The normalized spacial score (nSPS) is 13.7. The number of esters is 1. The lowest BCUT2D eigenvalue weighted by Gasteiger charge is -2.24. The first-order valence-corrected chi connectivity index (χ1v) is 26.0. The maximum atomic E-state index is 13.2. The number of nitrogens with one attached hydrogen (secondary N) is 1. The summed E-state index contributed by atoms with van der Waals surface area (Å²) in [6.45, 7) is 6.36. The SMILES string of the molecule is CC/C=C/C/C=C/C/C=C/C/C=C/C/C=C/CCC(=O)OC(CCCCCCCCCCCCC)CC(=O)NC(CO)C(O)CCCCCCCCCCCCCCCCC. The number of aliphatic hydroxyl groups is 2. The zero-order valence-electron chi connectivity index (χ0n) is 40.3. The lowest BCUT2D eigenvalue weighted by atomic mass is 10.0. The molecule has 6 heteroatoms. The molecule has 0 saturated heterocycles. The van der Waals surface area contributed by atoms with E-state index < -0.39 is 18.2 Å². The Labute approximate surface area is 378 Å². The summed E-state index contributed by atoms with van der Waals surface area (Å²) in [5, 5.41) is 23.8. The molecule has 3 atom stereocenters. The first-order chi connectivity index (χ1) is 30.0. The molecule has 3 unspecified atom stereocenters. The van der Waals surface area contributed by atoms with Gasteiger partial charge in [0.15, 0.2) is 0 Å². The molecule has 0 fully saturated rings. The van der Waals surface area contributed by atoms with Gasteiger partial charge in [0.25, 0.3) is 0 Å². The van der Waals surface area contributed by atoms with E-state index in [1.165, 1.54) is 128 Å². The molecule has 3 N–H and O–H groups in total. The first-order valence-electron chi connectivity index (χ1n) is 26.0. The van der Waals surface area contributed by atoms with Crippen molar-refractivity contribution in [2.45, 2.75) is 270 Å². The predicted octanol–water partition coefficient (Wildman–Crippen LogP) is 15.6. The highest BCUT2D eigenvalue weighted by molar-refractivity contribution is 5.77. The standard InChI is InChI=1S/C55H99NO5/c1-4-7-10-13-16-19-22-24-26-28-30-33-36-39-42-45-48-55(60)61-51(46-43-40-37-34-31-21-18-15-12-9-6-3)49-54(59)56-52(50-57)53(58)47-44-41-38-35-32-29-27-25-23-20-17-14-11-8-5-2/h7,10,16,19,24,26,30,33,39,42,51-53,57-58H,4-6,8-9,11-15,17-18,20-23,25,27-29,31-32,34-38,40-41,43-50H2,1-3H3,(H,56,59)/b10-7+,19-16+,26-24+,33-30+,42-39+. The molecule has 0 aromatic carbocycles. The number of allylic oxidation sites excluding steroid dienone is 10. The molecular formula is C55H99NO5. The van der Waals surface area contributed by atoms with Gasteiger partial charge in [0.2, 0.25) is 5.91 Å². The summed E-state index contributed by atoms with van der Waals surface area (Å²) >= 11 is 0. The number of ether oxygens (including phenoxy) is 1. The largest absolute Gasteiger partial charge is 0.462 e. The average Bonchev–Trinajstić information content (AvgIpc) is 3.25. The number of unbranched alkanes of at least 4 members (excludes halogenated alkanes) is 24. The lowest BCUT2D eigenvalue weighted by Crippen LogP contribution is -2.46. The van der Waals surface area contributed by atoms with Crippen molar-refractivity contribution in [1.29, 1.82) is 0 Å². The summed E-state index contributed by atoms with van der Waals surface area (Å²) < 4.78 is 5.89. The minimum atomic E-state index is -0.799. The van der Waals surface area contributed by atoms with Crippen LogP contribution in [0.3, 0.4) is 0 Å². The number of aliphatic hydroxyl groups excluding tert-OH is 2. The fourth-order valence-electron chi connectivity index (χ4n) is 7.72. The van der Waals surface area contributed by atoms with Gasteiger partial charge in [-0.15, -0.1) is 0 Å². The van der Waals surface area contributed by atoms with Crippen LogP contribution in [-0.2, 0) is 14.3 Å². The molecule has 0 aromatic rings. The summed E-state index contributed by atoms with van der Waals surface area (Å²) in [7, 11) is 0. The fraction of sp³-hybridized carbons (Fsp3) is 0.782. The second-order valence-electron chi connectivity index (χ2n) is 17.5. The van der Waals surface area contributed by atoms with E-state index in [2.05, 4.69) is 80.8 Å². The molecule has 0 aliphatic heterocycles. The van der Waals surface area contributed by atoms with Crippen molar-refractivity contribution in [2.24, 2.45) is 0 Å². The van der Waals surface area contributed by atoms with Gasteiger partial charge in [0.1, 0.15) is 6.10 Å². The number of hydrogen-bond donors (Lipinski definition) is 3. The third-order valence-corrected chi connectivity index (χ3v) is 11.6. The number of carbonyl (C=O) groups is 2. The molecule has 61 heavy (non-hydrogen) atoms. The molecule has 0 aliphatic carbocycles. The van der Waals surface area contributed by atoms with Crippen LogP contribution < -0.4 is 5.32 Å². The van der Waals surface area contributed by atoms with E-state index in [1.807, 2.05) is 6.08 Å². The smallest absolute Gasteiger partial charge is 0.306 e. The minimum absolute atomic E-state index is 0.0490. The van der Waals surface area contributed by atoms with Crippen LogP contribution in [0.1, 0.15) is 252 Å². The summed E-state index contributed by atoms with van der Waals surface area (Å²) in [5.41, 5.74) is 0. The molecule has 0 spiro atoms. The number of amides is 1. The molecule has 0 heterocycles. The maximum Gasteiger partial charge on any atom is 0.306 e. The van der Waals surface area contributed by atoms with E-state index in [9.17, 15) is 19.8 Å². The second-order valence-corrected chi connectivity index (χ2v) is 17.5. The van der Waals surface area contributed by atoms with Gasteiger partial charge in [-0.05, 0) is 57.8 Å². The van der Waals surface area contributed by atoms with Crippen molar-refractivity contribution in [1.82, 2.24) is 5.32 Å². The number of rotatable bonds is 46. The Bertz CT molecular complexity index is 1090. The molecule has 0 rings (SSSR count).